The standard InChI is InChI=1S/C24H23N3O4S2/c1-3-4-13-26-23(30)21(33-24(26)32)20-17-7-5-6-8-18(17)27(22(20)29)14-19(28)25-15-9-11-16(31-2)12-10-15/h5-12H,3-4,13-14H2,1-2H3,(H,25,28)/b21-20+. The smallest absolute Gasteiger partial charge is 0.267 e. The summed E-state index contributed by atoms with van der Waals surface area (Å²) in [7, 11) is 1.57. The fourth-order valence-electron chi connectivity index (χ4n) is 3.73. The van der Waals surface area contributed by atoms with Crippen LogP contribution in [-0.4, -0.2) is 47.1 Å². The van der Waals surface area contributed by atoms with Crippen molar-refractivity contribution in [2.75, 3.05) is 30.4 Å². The van der Waals surface area contributed by atoms with Crippen molar-refractivity contribution in [1.82, 2.24) is 4.90 Å². The molecule has 4 rings (SSSR count). The van der Waals surface area contributed by atoms with E-state index in [-0.39, 0.29) is 24.3 Å². The number of amides is 3. The molecule has 2 aliphatic heterocycles. The van der Waals surface area contributed by atoms with Crippen LogP contribution in [0.1, 0.15) is 25.3 Å². The highest BCUT2D eigenvalue weighted by molar-refractivity contribution is 8.26. The summed E-state index contributed by atoms with van der Waals surface area (Å²) in [6.07, 6.45) is 1.76. The quantitative estimate of drug-likeness (QED) is 0.475. The lowest BCUT2D eigenvalue weighted by Gasteiger charge is -2.17. The predicted octanol–water partition coefficient (Wildman–Crippen LogP) is 4.05. The maximum Gasteiger partial charge on any atom is 0.267 e. The zero-order chi connectivity index (χ0) is 23.5. The normalized spacial score (nSPS) is 17.6. The van der Waals surface area contributed by atoms with E-state index in [0.29, 0.717) is 44.0 Å². The Bertz CT molecular complexity index is 1160. The highest BCUT2D eigenvalue weighted by Gasteiger charge is 2.42. The fourth-order valence-corrected chi connectivity index (χ4v) is 5.11. The average Bonchev–Trinajstić information content (AvgIpc) is 3.25. The third-order valence-corrected chi connectivity index (χ3v) is 6.86. The highest BCUT2D eigenvalue weighted by atomic mass is 32.2. The summed E-state index contributed by atoms with van der Waals surface area (Å²) in [4.78, 5) is 42.6. The minimum Gasteiger partial charge on any atom is -0.497 e. The number of nitrogens with one attached hydrogen (secondary N) is 1. The first-order valence-corrected chi connectivity index (χ1v) is 11.8. The zero-order valence-electron chi connectivity index (χ0n) is 18.3. The van der Waals surface area contributed by atoms with Gasteiger partial charge in [0.15, 0.2) is 0 Å². The Morgan fingerprint density at radius 3 is 2.48 bits per heavy atom. The molecule has 2 aromatic carbocycles. The van der Waals surface area contributed by atoms with Gasteiger partial charge in [-0.2, -0.15) is 0 Å². The molecule has 3 amide bonds. The van der Waals surface area contributed by atoms with E-state index in [1.807, 2.05) is 13.0 Å². The number of anilines is 2. The molecule has 0 atom stereocenters. The van der Waals surface area contributed by atoms with E-state index in [9.17, 15) is 14.4 Å². The van der Waals surface area contributed by atoms with Gasteiger partial charge in [0.25, 0.3) is 11.8 Å². The summed E-state index contributed by atoms with van der Waals surface area (Å²) in [6, 6.07) is 14.1. The number of hydrogen-bond donors (Lipinski definition) is 1. The number of carbonyl (C=O) groups excluding carboxylic acids is 3. The molecule has 0 unspecified atom stereocenters. The summed E-state index contributed by atoms with van der Waals surface area (Å²) in [5, 5.41) is 2.80. The Morgan fingerprint density at radius 1 is 1.06 bits per heavy atom. The molecule has 2 aromatic rings. The summed E-state index contributed by atoms with van der Waals surface area (Å²) in [5.74, 6) is -0.296. The predicted molar refractivity (Wildman–Crippen MR) is 134 cm³/mol. The number of methoxy groups -OCH3 is 1. The summed E-state index contributed by atoms with van der Waals surface area (Å²) in [6.45, 7) is 2.39. The molecular weight excluding hydrogens is 458 g/mol. The third kappa shape index (κ3) is 4.51. The average molecular weight is 482 g/mol. The van der Waals surface area contributed by atoms with Crippen LogP contribution in [0.25, 0.3) is 5.57 Å². The summed E-state index contributed by atoms with van der Waals surface area (Å²) >= 11 is 6.56. The van der Waals surface area contributed by atoms with Crippen LogP contribution in [0, 0.1) is 0 Å². The van der Waals surface area contributed by atoms with Crippen LogP contribution < -0.4 is 15.0 Å². The second-order valence-corrected chi connectivity index (χ2v) is 9.21. The topological polar surface area (TPSA) is 79.0 Å². The van der Waals surface area contributed by atoms with E-state index in [1.54, 1.807) is 54.5 Å². The number of ether oxygens (including phenoxy) is 1. The Hall–Kier alpha value is -3.17. The van der Waals surface area contributed by atoms with Crippen molar-refractivity contribution in [2.24, 2.45) is 0 Å². The van der Waals surface area contributed by atoms with Crippen LogP contribution in [0.15, 0.2) is 53.4 Å². The number of fused-ring (bicyclic) bond motifs is 1. The highest BCUT2D eigenvalue weighted by Crippen LogP contribution is 2.44. The number of thioether (sulfide) groups is 1. The van der Waals surface area contributed by atoms with Crippen LogP contribution >= 0.6 is 24.0 Å². The Balaban J connectivity index is 1.59. The monoisotopic (exact) mass is 481 g/mol. The molecule has 1 saturated heterocycles. The summed E-state index contributed by atoms with van der Waals surface area (Å²) in [5.41, 5.74) is 2.13. The first kappa shape index (κ1) is 23.0. The van der Waals surface area contributed by atoms with Crippen molar-refractivity contribution in [1.29, 1.82) is 0 Å². The largest absolute Gasteiger partial charge is 0.497 e. The molecule has 0 spiro atoms. The Morgan fingerprint density at radius 2 is 1.79 bits per heavy atom. The van der Waals surface area contributed by atoms with E-state index in [0.717, 1.165) is 24.6 Å². The van der Waals surface area contributed by atoms with E-state index in [2.05, 4.69) is 5.32 Å². The van der Waals surface area contributed by atoms with Crippen molar-refractivity contribution in [2.45, 2.75) is 19.8 Å². The number of thiocarbonyl (C=S) groups is 1. The van der Waals surface area contributed by atoms with E-state index >= 15 is 0 Å². The second-order valence-electron chi connectivity index (χ2n) is 7.57. The van der Waals surface area contributed by atoms with Gasteiger partial charge in [-0.3, -0.25) is 24.2 Å². The van der Waals surface area contributed by atoms with E-state index in [1.165, 1.54) is 4.90 Å². The van der Waals surface area contributed by atoms with Gasteiger partial charge in [-0.1, -0.05) is 55.5 Å². The van der Waals surface area contributed by atoms with Crippen LogP contribution in [0.5, 0.6) is 5.75 Å². The molecule has 33 heavy (non-hydrogen) atoms. The van der Waals surface area contributed by atoms with Crippen molar-refractivity contribution in [3.63, 3.8) is 0 Å². The van der Waals surface area contributed by atoms with Gasteiger partial charge < -0.3 is 10.1 Å². The van der Waals surface area contributed by atoms with Gasteiger partial charge in [0, 0.05) is 17.8 Å². The van der Waals surface area contributed by atoms with Gasteiger partial charge in [0.1, 0.15) is 16.6 Å². The van der Waals surface area contributed by atoms with Crippen LogP contribution in [0.2, 0.25) is 0 Å². The number of para-hydroxylation sites is 1. The van der Waals surface area contributed by atoms with E-state index in [4.69, 9.17) is 17.0 Å². The lowest BCUT2D eigenvalue weighted by Crippen LogP contribution is -2.35. The van der Waals surface area contributed by atoms with Crippen molar-refractivity contribution in [3.05, 3.63) is 59.0 Å². The Kier molecular flexibility index (Phi) is 6.80. The van der Waals surface area contributed by atoms with Crippen LogP contribution in [-0.2, 0) is 14.4 Å². The molecule has 0 aromatic heterocycles. The molecule has 170 valence electrons. The molecule has 0 aliphatic carbocycles. The van der Waals surface area contributed by atoms with Crippen molar-refractivity contribution < 1.29 is 19.1 Å². The lowest BCUT2D eigenvalue weighted by atomic mass is 10.1. The Labute approximate surface area is 201 Å². The molecule has 0 bridgehead atoms. The molecule has 7 nitrogen and oxygen atoms in total. The number of carbonyl (C=O) groups is 3. The number of nitrogens with zero attached hydrogens (tertiary/aromatic N) is 2. The first-order chi connectivity index (χ1) is 15.9. The number of unbranched alkanes of at least 4 members (excludes halogenated alkanes) is 1. The number of benzene rings is 2. The van der Waals surface area contributed by atoms with Crippen molar-refractivity contribution in [3.8, 4) is 5.75 Å². The fraction of sp³-hybridized carbons (Fsp3) is 0.250. The minimum absolute atomic E-state index is 0.179. The molecule has 1 fully saturated rings. The lowest BCUT2D eigenvalue weighted by molar-refractivity contribution is -0.122. The molecule has 2 heterocycles. The van der Waals surface area contributed by atoms with Gasteiger partial charge in [0.05, 0.1) is 23.3 Å². The zero-order valence-corrected chi connectivity index (χ0v) is 19.9. The second kappa shape index (κ2) is 9.76. The van der Waals surface area contributed by atoms with Gasteiger partial charge in [-0.15, -0.1) is 0 Å². The van der Waals surface area contributed by atoms with Crippen molar-refractivity contribution >= 4 is 63.0 Å². The third-order valence-electron chi connectivity index (χ3n) is 5.41. The maximum absolute atomic E-state index is 13.4. The van der Waals surface area contributed by atoms with E-state index < -0.39 is 0 Å². The first-order valence-electron chi connectivity index (χ1n) is 10.6. The molecule has 1 N–H and O–H groups in total. The molecular formula is C24H23N3O4S2. The van der Waals surface area contributed by atoms with Crippen LogP contribution in [0.4, 0.5) is 11.4 Å². The van der Waals surface area contributed by atoms with Gasteiger partial charge in [0.2, 0.25) is 5.91 Å². The SMILES string of the molecule is CCCCN1C(=O)/C(=C2\C(=O)N(CC(=O)Nc3ccc(OC)cc3)c3ccccc32)SC1=S. The minimum atomic E-state index is -0.378. The number of rotatable bonds is 7. The molecule has 9 heteroatoms. The number of hydrogen-bond acceptors (Lipinski definition) is 6. The van der Waals surface area contributed by atoms with Gasteiger partial charge in [-0.25, -0.2) is 0 Å². The molecule has 0 radical (unpaired) electrons. The molecule has 2 aliphatic rings. The van der Waals surface area contributed by atoms with Gasteiger partial charge in [-0.05, 0) is 36.8 Å². The van der Waals surface area contributed by atoms with Gasteiger partial charge >= 0.3 is 0 Å². The maximum atomic E-state index is 13.4. The van der Waals surface area contributed by atoms with Crippen LogP contribution in [0.3, 0.4) is 0 Å². The molecule has 0 saturated carbocycles. The summed E-state index contributed by atoms with van der Waals surface area (Å²) < 4.78 is 5.58.